The third-order valence-electron chi connectivity index (χ3n) is 4.20. The number of aryl methyl sites for hydroxylation is 1. The van der Waals surface area contributed by atoms with Crippen LogP contribution < -0.4 is 5.73 Å². The molecule has 6 heteroatoms. The van der Waals surface area contributed by atoms with Gasteiger partial charge in [-0.25, -0.2) is 9.50 Å². The number of aromatic nitrogens is 4. The van der Waals surface area contributed by atoms with E-state index in [2.05, 4.69) is 28.9 Å². The Balaban J connectivity index is 2.29. The van der Waals surface area contributed by atoms with Gasteiger partial charge < -0.3 is 5.73 Å². The van der Waals surface area contributed by atoms with E-state index < -0.39 is 0 Å². The molecule has 1 aromatic carbocycles. The van der Waals surface area contributed by atoms with E-state index in [1.165, 1.54) is 6.33 Å². The standard InChI is InChI=1S/C17H20ClN5/c1-4-10(2)7-15-16(13-6-5-12(19)8-14(13)18)11(3)22-17-20-9-21-23(15)17/h5-6,8-10H,4,7,19H2,1-3H3. The molecule has 0 saturated heterocycles. The first-order valence-electron chi connectivity index (χ1n) is 7.75. The van der Waals surface area contributed by atoms with Crippen LogP contribution in [-0.4, -0.2) is 19.6 Å². The molecule has 0 spiro atoms. The van der Waals surface area contributed by atoms with E-state index in [0.29, 0.717) is 22.4 Å². The summed E-state index contributed by atoms with van der Waals surface area (Å²) >= 11 is 6.45. The average Bonchev–Trinajstić information content (AvgIpc) is 2.96. The van der Waals surface area contributed by atoms with Gasteiger partial charge in [-0.1, -0.05) is 37.9 Å². The van der Waals surface area contributed by atoms with E-state index in [0.717, 1.165) is 35.4 Å². The predicted octanol–water partition coefficient (Wildman–Crippen LogP) is 3.92. The van der Waals surface area contributed by atoms with Crippen molar-refractivity contribution in [3.05, 3.63) is 40.9 Å². The third-order valence-corrected chi connectivity index (χ3v) is 4.52. The summed E-state index contributed by atoms with van der Waals surface area (Å²) in [5.74, 6) is 1.15. The molecule has 1 atom stereocenters. The number of nitrogen functional groups attached to an aromatic ring is 1. The topological polar surface area (TPSA) is 69.1 Å². The first-order chi connectivity index (χ1) is 11.0. The SMILES string of the molecule is CCC(C)Cc1c(-c2ccc(N)cc2Cl)c(C)nc2ncnn12. The molecule has 2 heterocycles. The Bertz CT molecular complexity index is 856. The summed E-state index contributed by atoms with van der Waals surface area (Å²) in [5, 5.41) is 4.98. The quantitative estimate of drug-likeness (QED) is 0.736. The number of fused-ring (bicyclic) bond motifs is 1. The Morgan fingerprint density at radius 1 is 1.35 bits per heavy atom. The van der Waals surface area contributed by atoms with Crippen LogP contribution in [0.3, 0.4) is 0 Å². The summed E-state index contributed by atoms with van der Waals surface area (Å²) in [5.41, 5.74) is 10.4. The maximum atomic E-state index is 6.45. The predicted molar refractivity (Wildman–Crippen MR) is 93.5 cm³/mol. The van der Waals surface area contributed by atoms with Crippen LogP contribution in [-0.2, 0) is 6.42 Å². The molecule has 0 amide bonds. The van der Waals surface area contributed by atoms with E-state index >= 15 is 0 Å². The molecule has 0 fully saturated rings. The van der Waals surface area contributed by atoms with E-state index in [1.54, 1.807) is 6.07 Å². The Labute approximate surface area is 140 Å². The van der Waals surface area contributed by atoms with Crippen molar-refractivity contribution in [1.82, 2.24) is 19.6 Å². The molecule has 0 aliphatic carbocycles. The number of nitrogens with zero attached hydrogens (tertiary/aromatic N) is 4. The van der Waals surface area contributed by atoms with Crippen LogP contribution in [0.15, 0.2) is 24.5 Å². The van der Waals surface area contributed by atoms with Crippen LogP contribution in [0.5, 0.6) is 0 Å². The van der Waals surface area contributed by atoms with Gasteiger partial charge in [-0.3, -0.25) is 0 Å². The van der Waals surface area contributed by atoms with Gasteiger partial charge in [-0.15, -0.1) is 0 Å². The fourth-order valence-corrected chi connectivity index (χ4v) is 3.05. The highest BCUT2D eigenvalue weighted by molar-refractivity contribution is 6.33. The summed E-state index contributed by atoms with van der Waals surface area (Å²) < 4.78 is 1.82. The number of nitrogens with two attached hydrogens (primary N) is 1. The lowest BCUT2D eigenvalue weighted by atomic mass is 9.94. The number of anilines is 1. The molecule has 5 nitrogen and oxygen atoms in total. The van der Waals surface area contributed by atoms with Crippen LogP contribution in [0.25, 0.3) is 16.9 Å². The Hall–Kier alpha value is -2.14. The van der Waals surface area contributed by atoms with Gasteiger partial charge in [0.25, 0.3) is 5.78 Å². The van der Waals surface area contributed by atoms with E-state index in [1.807, 2.05) is 23.6 Å². The molecule has 3 rings (SSSR count). The van der Waals surface area contributed by atoms with Gasteiger partial charge >= 0.3 is 0 Å². The van der Waals surface area contributed by atoms with Crippen molar-refractivity contribution in [2.75, 3.05) is 5.73 Å². The number of rotatable bonds is 4. The van der Waals surface area contributed by atoms with Gasteiger partial charge in [0.15, 0.2) is 0 Å². The third kappa shape index (κ3) is 2.88. The van der Waals surface area contributed by atoms with E-state index in [9.17, 15) is 0 Å². The van der Waals surface area contributed by atoms with Crippen LogP contribution >= 0.6 is 11.6 Å². The second-order valence-electron chi connectivity index (χ2n) is 5.95. The second kappa shape index (κ2) is 6.16. The summed E-state index contributed by atoms with van der Waals surface area (Å²) in [4.78, 5) is 8.80. The minimum Gasteiger partial charge on any atom is -0.399 e. The molecule has 1 unspecified atom stereocenters. The van der Waals surface area contributed by atoms with Crippen LogP contribution in [0.1, 0.15) is 31.7 Å². The van der Waals surface area contributed by atoms with Gasteiger partial charge in [0.2, 0.25) is 0 Å². The van der Waals surface area contributed by atoms with Gasteiger partial charge in [-0.05, 0) is 31.4 Å². The minimum absolute atomic E-state index is 0.524. The summed E-state index contributed by atoms with van der Waals surface area (Å²) in [6.45, 7) is 6.40. The molecule has 2 N–H and O–H groups in total. The molecule has 0 aliphatic rings. The Morgan fingerprint density at radius 3 is 2.83 bits per heavy atom. The van der Waals surface area contributed by atoms with Crippen molar-refractivity contribution in [3.63, 3.8) is 0 Å². The Kier molecular flexibility index (Phi) is 4.22. The molecule has 0 bridgehead atoms. The van der Waals surface area contributed by atoms with Gasteiger partial charge in [0.05, 0.1) is 16.4 Å². The van der Waals surface area contributed by atoms with Gasteiger partial charge in [-0.2, -0.15) is 10.1 Å². The number of benzene rings is 1. The smallest absolute Gasteiger partial charge is 0.252 e. The molecular formula is C17H20ClN5. The van der Waals surface area contributed by atoms with Crippen molar-refractivity contribution >= 4 is 23.1 Å². The first kappa shape index (κ1) is 15.7. The molecule has 0 radical (unpaired) electrons. The molecule has 2 aromatic heterocycles. The summed E-state index contributed by atoms with van der Waals surface area (Å²) in [7, 11) is 0. The normalized spacial score (nSPS) is 12.7. The van der Waals surface area contributed by atoms with Crippen molar-refractivity contribution in [3.8, 4) is 11.1 Å². The summed E-state index contributed by atoms with van der Waals surface area (Å²) in [6, 6.07) is 5.58. The van der Waals surface area contributed by atoms with Gasteiger partial charge in [0.1, 0.15) is 6.33 Å². The molecule has 23 heavy (non-hydrogen) atoms. The number of hydrogen-bond donors (Lipinski definition) is 1. The fourth-order valence-electron chi connectivity index (χ4n) is 2.77. The van der Waals surface area contributed by atoms with Crippen LogP contribution in [0.2, 0.25) is 5.02 Å². The maximum Gasteiger partial charge on any atom is 0.252 e. The zero-order chi connectivity index (χ0) is 16.6. The fraction of sp³-hybridized carbons (Fsp3) is 0.353. The lowest BCUT2D eigenvalue weighted by Crippen LogP contribution is -2.10. The van der Waals surface area contributed by atoms with Crippen LogP contribution in [0.4, 0.5) is 5.69 Å². The highest BCUT2D eigenvalue weighted by Crippen LogP contribution is 2.35. The van der Waals surface area contributed by atoms with Gasteiger partial charge in [0, 0.05) is 16.8 Å². The van der Waals surface area contributed by atoms with Crippen LogP contribution in [0, 0.1) is 12.8 Å². The van der Waals surface area contributed by atoms with Crippen molar-refractivity contribution < 1.29 is 0 Å². The molecule has 0 saturated carbocycles. The highest BCUT2D eigenvalue weighted by atomic mass is 35.5. The van der Waals surface area contributed by atoms with Crippen molar-refractivity contribution in [2.24, 2.45) is 5.92 Å². The lowest BCUT2D eigenvalue weighted by molar-refractivity contribution is 0.544. The Morgan fingerprint density at radius 2 is 2.13 bits per heavy atom. The van der Waals surface area contributed by atoms with E-state index in [-0.39, 0.29) is 0 Å². The second-order valence-corrected chi connectivity index (χ2v) is 6.35. The molecule has 0 aliphatic heterocycles. The molecule has 120 valence electrons. The van der Waals surface area contributed by atoms with Crippen molar-refractivity contribution in [2.45, 2.75) is 33.6 Å². The van der Waals surface area contributed by atoms with E-state index in [4.69, 9.17) is 17.3 Å². The maximum absolute atomic E-state index is 6.45. The zero-order valence-corrected chi connectivity index (χ0v) is 14.3. The number of halogens is 1. The monoisotopic (exact) mass is 329 g/mol. The average molecular weight is 330 g/mol. The molecule has 3 aromatic rings. The highest BCUT2D eigenvalue weighted by Gasteiger charge is 2.19. The number of hydrogen-bond acceptors (Lipinski definition) is 4. The largest absolute Gasteiger partial charge is 0.399 e. The zero-order valence-electron chi connectivity index (χ0n) is 13.5. The minimum atomic E-state index is 0.524. The summed E-state index contributed by atoms with van der Waals surface area (Å²) in [6.07, 6.45) is 3.51. The first-order valence-corrected chi connectivity index (χ1v) is 8.13. The lowest BCUT2D eigenvalue weighted by Gasteiger charge is -2.17. The van der Waals surface area contributed by atoms with Crippen molar-refractivity contribution in [1.29, 1.82) is 0 Å². The molecular weight excluding hydrogens is 310 g/mol.